The van der Waals surface area contributed by atoms with E-state index in [0.29, 0.717) is 5.82 Å². The smallest absolute Gasteiger partial charge is 0.335 e. The van der Waals surface area contributed by atoms with Crippen LogP contribution in [0.4, 0.5) is 11.5 Å². The maximum Gasteiger partial charge on any atom is 0.335 e. The van der Waals surface area contributed by atoms with Crippen molar-refractivity contribution in [3.8, 4) is 0 Å². The van der Waals surface area contributed by atoms with Crippen molar-refractivity contribution in [3.63, 3.8) is 0 Å². The minimum atomic E-state index is -0.917. The van der Waals surface area contributed by atoms with E-state index in [1.54, 1.807) is 12.1 Å². The fourth-order valence-corrected chi connectivity index (χ4v) is 2.30. The van der Waals surface area contributed by atoms with Gasteiger partial charge in [-0.05, 0) is 37.6 Å². The lowest BCUT2D eigenvalue weighted by Gasteiger charge is -2.23. The number of benzene rings is 1. The number of carbonyl (C=O) groups is 1. The van der Waals surface area contributed by atoms with Crippen LogP contribution in [-0.4, -0.2) is 22.6 Å². The number of aromatic nitrogens is 1. The fraction of sp³-hybridized carbons (Fsp3) is 0.294. The molecule has 1 aromatic carbocycles. The Morgan fingerprint density at radius 3 is 2.48 bits per heavy atom. The lowest BCUT2D eigenvalue weighted by Crippen LogP contribution is -2.18. The number of para-hydroxylation sites is 1. The minimum Gasteiger partial charge on any atom is -0.478 e. The molecule has 1 heterocycles. The number of aryl methyl sites for hydroxylation is 1. The molecule has 0 atom stereocenters. The summed E-state index contributed by atoms with van der Waals surface area (Å²) < 4.78 is 0. The summed E-state index contributed by atoms with van der Waals surface area (Å²) in [6.07, 6.45) is 1.72. The molecule has 2 rings (SSSR count). The number of carboxylic acids is 1. The molecule has 0 spiro atoms. The van der Waals surface area contributed by atoms with Crippen molar-refractivity contribution in [2.24, 2.45) is 0 Å². The molecule has 1 aromatic heterocycles. The Kier molecular flexibility index (Phi) is 4.93. The molecule has 0 saturated carbocycles. The third-order valence-corrected chi connectivity index (χ3v) is 3.28. The van der Waals surface area contributed by atoms with Crippen LogP contribution in [0, 0.1) is 0 Å². The summed E-state index contributed by atoms with van der Waals surface area (Å²) in [4.78, 5) is 17.9. The molecule has 4 nitrogen and oxygen atoms in total. The predicted molar refractivity (Wildman–Crippen MR) is 84.3 cm³/mol. The third-order valence-electron chi connectivity index (χ3n) is 3.28. The van der Waals surface area contributed by atoms with Gasteiger partial charge in [0.1, 0.15) is 5.82 Å². The van der Waals surface area contributed by atoms with E-state index in [9.17, 15) is 9.90 Å². The van der Waals surface area contributed by atoms with Crippen molar-refractivity contribution in [3.05, 3.63) is 53.7 Å². The van der Waals surface area contributed by atoms with Crippen LogP contribution in [-0.2, 0) is 6.42 Å². The van der Waals surface area contributed by atoms with Crippen molar-refractivity contribution in [1.82, 2.24) is 4.98 Å². The molecule has 4 heteroatoms. The molecular formula is C17H20N2O2. The third kappa shape index (κ3) is 3.60. The van der Waals surface area contributed by atoms with Gasteiger partial charge in [0.15, 0.2) is 0 Å². The highest BCUT2D eigenvalue weighted by Crippen LogP contribution is 2.24. The first-order chi connectivity index (χ1) is 10.2. The first kappa shape index (κ1) is 15.0. The lowest BCUT2D eigenvalue weighted by molar-refractivity contribution is 0.0696. The molecule has 1 N–H and O–H groups in total. The lowest BCUT2D eigenvalue weighted by atomic mass is 10.1. The van der Waals surface area contributed by atoms with Gasteiger partial charge >= 0.3 is 5.97 Å². The van der Waals surface area contributed by atoms with E-state index >= 15 is 0 Å². The van der Waals surface area contributed by atoms with Crippen molar-refractivity contribution >= 4 is 17.5 Å². The molecule has 0 aliphatic heterocycles. The maximum absolute atomic E-state index is 11.3. The quantitative estimate of drug-likeness (QED) is 0.874. The molecule has 0 aliphatic rings. The highest BCUT2D eigenvalue weighted by molar-refractivity contribution is 5.89. The van der Waals surface area contributed by atoms with Gasteiger partial charge in [-0.25, -0.2) is 9.78 Å². The zero-order chi connectivity index (χ0) is 15.2. The van der Waals surface area contributed by atoms with Crippen LogP contribution in [0.3, 0.4) is 0 Å². The fourth-order valence-electron chi connectivity index (χ4n) is 2.30. The molecule has 110 valence electrons. The highest BCUT2D eigenvalue weighted by Gasteiger charge is 2.13. The van der Waals surface area contributed by atoms with Gasteiger partial charge in [-0.2, -0.15) is 0 Å². The van der Waals surface area contributed by atoms with Gasteiger partial charge in [-0.15, -0.1) is 0 Å². The molecule has 2 aromatic rings. The molecule has 0 amide bonds. The number of carboxylic acid groups (broad SMARTS) is 1. The first-order valence-corrected chi connectivity index (χ1v) is 7.22. The van der Waals surface area contributed by atoms with Crippen LogP contribution in [0.5, 0.6) is 0 Å². The molecule has 21 heavy (non-hydrogen) atoms. The number of nitrogens with zero attached hydrogens (tertiary/aromatic N) is 2. The standard InChI is InChI=1S/C17H20N2O2/c1-3-8-14-11-13(17(20)21)12-16(18-14)19(4-2)15-9-6-5-7-10-15/h5-7,9-12H,3-4,8H2,1-2H3,(H,20,21). The second kappa shape index (κ2) is 6.88. The summed E-state index contributed by atoms with van der Waals surface area (Å²) in [5, 5.41) is 9.28. The number of aromatic carboxylic acids is 1. The predicted octanol–water partition coefficient (Wildman–Crippen LogP) is 3.89. The average Bonchev–Trinajstić information content (AvgIpc) is 2.49. The summed E-state index contributed by atoms with van der Waals surface area (Å²) in [6, 6.07) is 13.2. The molecule has 0 bridgehead atoms. The van der Waals surface area contributed by atoms with Crippen LogP contribution in [0.2, 0.25) is 0 Å². The molecule has 0 unspecified atom stereocenters. The second-order valence-corrected chi connectivity index (χ2v) is 4.84. The molecule has 0 fully saturated rings. The van der Waals surface area contributed by atoms with E-state index < -0.39 is 5.97 Å². The topological polar surface area (TPSA) is 53.4 Å². The molecule has 0 aliphatic carbocycles. The first-order valence-electron chi connectivity index (χ1n) is 7.22. The monoisotopic (exact) mass is 284 g/mol. The summed E-state index contributed by atoms with van der Waals surface area (Å²) in [6.45, 7) is 4.82. The number of anilines is 2. The Labute approximate surface area is 125 Å². The molecule has 0 saturated heterocycles. The van der Waals surface area contributed by atoms with Crippen molar-refractivity contribution in [2.45, 2.75) is 26.7 Å². The Morgan fingerprint density at radius 1 is 1.19 bits per heavy atom. The van der Waals surface area contributed by atoms with Gasteiger partial charge in [0.25, 0.3) is 0 Å². The average molecular weight is 284 g/mol. The summed E-state index contributed by atoms with van der Waals surface area (Å²) in [7, 11) is 0. The van der Waals surface area contributed by atoms with Crippen molar-refractivity contribution in [1.29, 1.82) is 0 Å². The van der Waals surface area contributed by atoms with E-state index in [1.807, 2.05) is 42.2 Å². The van der Waals surface area contributed by atoms with Crippen LogP contribution >= 0.6 is 0 Å². The zero-order valence-electron chi connectivity index (χ0n) is 12.4. The number of pyridine rings is 1. The Bertz CT molecular complexity index is 611. The normalized spacial score (nSPS) is 10.4. The van der Waals surface area contributed by atoms with E-state index in [0.717, 1.165) is 30.8 Å². The largest absolute Gasteiger partial charge is 0.478 e. The SMILES string of the molecule is CCCc1cc(C(=O)O)cc(N(CC)c2ccccc2)n1. The van der Waals surface area contributed by atoms with E-state index in [1.165, 1.54) is 0 Å². The van der Waals surface area contributed by atoms with Crippen molar-refractivity contribution < 1.29 is 9.90 Å². The number of hydrogen-bond acceptors (Lipinski definition) is 3. The van der Waals surface area contributed by atoms with Crippen LogP contribution in [0.15, 0.2) is 42.5 Å². The van der Waals surface area contributed by atoms with Gasteiger partial charge in [0, 0.05) is 17.9 Å². The van der Waals surface area contributed by atoms with E-state index in [2.05, 4.69) is 11.9 Å². The van der Waals surface area contributed by atoms with Crippen LogP contribution < -0.4 is 4.90 Å². The minimum absolute atomic E-state index is 0.290. The van der Waals surface area contributed by atoms with Crippen LogP contribution in [0.25, 0.3) is 0 Å². The number of hydrogen-bond donors (Lipinski definition) is 1. The van der Waals surface area contributed by atoms with Gasteiger partial charge < -0.3 is 10.0 Å². The van der Waals surface area contributed by atoms with Crippen molar-refractivity contribution in [2.75, 3.05) is 11.4 Å². The Balaban J connectivity index is 2.47. The van der Waals surface area contributed by atoms with Crippen LogP contribution in [0.1, 0.15) is 36.3 Å². The summed E-state index contributed by atoms with van der Waals surface area (Å²) in [5.74, 6) is -0.229. The van der Waals surface area contributed by atoms with Gasteiger partial charge in [-0.1, -0.05) is 31.5 Å². The Hall–Kier alpha value is -2.36. The molecular weight excluding hydrogens is 264 g/mol. The van der Waals surface area contributed by atoms with E-state index in [4.69, 9.17) is 0 Å². The van der Waals surface area contributed by atoms with Gasteiger partial charge in [0.05, 0.1) is 5.56 Å². The van der Waals surface area contributed by atoms with E-state index in [-0.39, 0.29) is 5.56 Å². The summed E-state index contributed by atoms with van der Waals surface area (Å²) >= 11 is 0. The summed E-state index contributed by atoms with van der Waals surface area (Å²) in [5.41, 5.74) is 2.12. The number of rotatable bonds is 6. The zero-order valence-corrected chi connectivity index (χ0v) is 12.4. The highest BCUT2D eigenvalue weighted by atomic mass is 16.4. The maximum atomic E-state index is 11.3. The molecule has 0 radical (unpaired) electrons. The Morgan fingerprint density at radius 2 is 1.90 bits per heavy atom. The van der Waals surface area contributed by atoms with Gasteiger partial charge in [0.2, 0.25) is 0 Å². The second-order valence-electron chi connectivity index (χ2n) is 4.84. The van der Waals surface area contributed by atoms with Gasteiger partial charge in [-0.3, -0.25) is 0 Å².